The first kappa shape index (κ1) is 33.0. The molecule has 4 aromatic carbocycles. The lowest BCUT2D eigenvalue weighted by molar-refractivity contribution is -0.140. The van der Waals surface area contributed by atoms with Crippen molar-refractivity contribution in [3.63, 3.8) is 0 Å². The molecule has 9 heteroatoms. The fourth-order valence-corrected chi connectivity index (χ4v) is 6.64. The molecular formula is C35H38BrN3O4S. The lowest BCUT2D eigenvalue weighted by Crippen LogP contribution is -2.53. The van der Waals surface area contributed by atoms with E-state index in [-0.39, 0.29) is 29.7 Å². The van der Waals surface area contributed by atoms with Crippen LogP contribution in [0.15, 0.2) is 119 Å². The Morgan fingerprint density at radius 3 is 2.11 bits per heavy atom. The highest BCUT2D eigenvalue weighted by Gasteiger charge is 2.34. The Morgan fingerprint density at radius 2 is 1.48 bits per heavy atom. The van der Waals surface area contributed by atoms with E-state index < -0.39 is 28.5 Å². The Hall–Kier alpha value is -3.95. The number of nitrogens with one attached hydrogen (secondary N) is 1. The molecule has 230 valence electrons. The number of rotatable bonds is 13. The van der Waals surface area contributed by atoms with E-state index in [1.165, 1.54) is 17.0 Å². The number of benzene rings is 4. The van der Waals surface area contributed by atoms with Crippen LogP contribution in [0.4, 0.5) is 5.69 Å². The van der Waals surface area contributed by atoms with Crippen molar-refractivity contribution in [1.82, 2.24) is 10.2 Å². The first-order valence-electron chi connectivity index (χ1n) is 14.5. The van der Waals surface area contributed by atoms with Crippen LogP contribution in [-0.2, 0) is 32.6 Å². The van der Waals surface area contributed by atoms with Crippen LogP contribution >= 0.6 is 15.9 Å². The number of carbonyl (C=O) groups excluding carboxylic acids is 2. The summed E-state index contributed by atoms with van der Waals surface area (Å²) < 4.78 is 29.9. The quantitative estimate of drug-likeness (QED) is 0.179. The third-order valence-electron chi connectivity index (χ3n) is 7.26. The van der Waals surface area contributed by atoms with Crippen molar-refractivity contribution >= 4 is 43.5 Å². The van der Waals surface area contributed by atoms with Gasteiger partial charge in [-0.1, -0.05) is 109 Å². The van der Waals surface area contributed by atoms with Crippen molar-refractivity contribution in [1.29, 1.82) is 0 Å². The van der Waals surface area contributed by atoms with Gasteiger partial charge in [-0.25, -0.2) is 8.42 Å². The van der Waals surface area contributed by atoms with E-state index in [1.807, 2.05) is 75.4 Å². The van der Waals surface area contributed by atoms with Gasteiger partial charge in [-0.05, 0) is 59.9 Å². The van der Waals surface area contributed by atoms with Crippen LogP contribution < -0.4 is 9.62 Å². The highest BCUT2D eigenvalue weighted by atomic mass is 79.9. The van der Waals surface area contributed by atoms with Gasteiger partial charge < -0.3 is 10.2 Å². The molecule has 1 unspecified atom stereocenters. The number of halogens is 1. The van der Waals surface area contributed by atoms with Crippen LogP contribution in [0.3, 0.4) is 0 Å². The van der Waals surface area contributed by atoms with Gasteiger partial charge in [0.1, 0.15) is 12.6 Å². The van der Waals surface area contributed by atoms with Crippen LogP contribution in [0.2, 0.25) is 0 Å². The first-order chi connectivity index (χ1) is 21.1. The minimum absolute atomic E-state index is 0.0636. The molecular weight excluding hydrogens is 638 g/mol. The van der Waals surface area contributed by atoms with Gasteiger partial charge in [0.25, 0.3) is 10.0 Å². The van der Waals surface area contributed by atoms with Crippen molar-refractivity contribution in [2.24, 2.45) is 5.92 Å². The zero-order valence-corrected chi connectivity index (χ0v) is 27.6. The third kappa shape index (κ3) is 8.57. The molecule has 44 heavy (non-hydrogen) atoms. The molecule has 0 aliphatic rings. The summed E-state index contributed by atoms with van der Waals surface area (Å²) in [4.78, 5) is 29.9. The minimum Gasteiger partial charge on any atom is -0.354 e. The second-order valence-corrected chi connectivity index (χ2v) is 13.9. The molecule has 0 saturated carbocycles. The maximum atomic E-state index is 14.5. The summed E-state index contributed by atoms with van der Waals surface area (Å²) in [5.74, 6) is -0.572. The molecule has 1 atom stereocenters. The predicted molar refractivity (Wildman–Crippen MR) is 179 cm³/mol. The SMILES string of the molecule is Cc1ccccc1CN(C(=O)CN(c1cccc(Br)c1)S(=O)(=O)c1ccccc1)C(Cc1ccccc1)C(=O)NCC(C)C. The van der Waals surface area contributed by atoms with E-state index >= 15 is 0 Å². The summed E-state index contributed by atoms with van der Waals surface area (Å²) in [6.07, 6.45) is 0.269. The van der Waals surface area contributed by atoms with E-state index in [1.54, 1.807) is 42.5 Å². The average molecular weight is 677 g/mol. The largest absolute Gasteiger partial charge is 0.354 e. The van der Waals surface area contributed by atoms with Crippen LogP contribution in [-0.4, -0.2) is 44.3 Å². The topological polar surface area (TPSA) is 86.8 Å². The van der Waals surface area contributed by atoms with Crippen molar-refractivity contribution in [2.75, 3.05) is 17.4 Å². The van der Waals surface area contributed by atoms with E-state index in [2.05, 4.69) is 21.2 Å². The van der Waals surface area contributed by atoms with E-state index in [0.717, 1.165) is 21.0 Å². The van der Waals surface area contributed by atoms with Gasteiger partial charge >= 0.3 is 0 Å². The fraction of sp³-hybridized carbons (Fsp3) is 0.257. The molecule has 0 bridgehead atoms. The maximum absolute atomic E-state index is 14.5. The lowest BCUT2D eigenvalue weighted by Gasteiger charge is -2.34. The van der Waals surface area contributed by atoms with E-state index in [4.69, 9.17) is 0 Å². The molecule has 0 spiro atoms. The van der Waals surface area contributed by atoms with Gasteiger partial charge in [0.2, 0.25) is 11.8 Å². The predicted octanol–water partition coefficient (Wildman–Crippen LogP) is 6.37. The van der Waals surface area contributed by atoms with Gasteiger partial charge in [0.15, 0.2) is 0 Å². The molecule has 7 nitrogen and oxygen atoms in total. The number of nitrogens with zero attached hydrogens (tertiary/aromatic N) is 2. The van der Waals surface area contributed by atoms with Gasteiger partial charge in [-0.3, -0.25) is 13.9 Å². The smallest absolute Gasteiger partial charge is 0.264 e. The van der Waals surface area contributed by atoms with Gasteiger partial charge in [0, 0.05) is 24.0 Å². The van der Waals surface area contributed by atoms with Gasteiger partial charge in [-0.15, -0.1) is 0 Å². The molecule has 0 radical (unpaired) electrons. The highest BCUT2D eigenvalue weighted by Crippen LogP contribution is 2.27. The second kappa shape index (κ2) is 15.2. The van der Waals surface area contributed by atoms with Crippen molar-refractivity contribution < 1.29 is 18.0 Å². The van der Waals surface area contributed by atoms with E-state index in [0.29, 0.717) is 16.7 Å². The zero-order chi connectivity index (χ0) is 31.7. The first-order valence-corrected chi connectivity index (χ1v) is 16.8. The summed E-state index contributed by atoms with van der Waals surface area (Å²) in [5.41, 5.74) is 3.06. The lowest BCUT2D eigenvalue weighted by atomic mass is 10.0. The van der Waals surface area contributed by atoms with Crippen molar-refractivity contribution in [2.45, 2.75) is 44.7 Å². The molecule has 0 aliphatic heterocycles. The number of anilines is 1. The molecule has 0 fully saturated rings. The molecule has 4 aromatic rings. The Bertz CT molecular complexity index is 1660. The molecule has 0 aromatic heterocycles. The Morgan fingerprint density at radius 1 is 0.841 bits per heavy atom. The Kier molecular flexibility index (Phi) is 11.4. The molecule has 4 rings (SSSR count). The normalized spacial score (nSPS) is 12.0. The maximum Gasteiger partial charge on any atom is 0.264 e. The van der Waals surface area contributed by atoms with Crippen LogP contribution in [0.25, 0.3) is 0 Å². The van der Waals surface area contributed by atoms with Gasteiger partial charge in [0.05, 0.1) is 10.6 Å². The number of hydrogen-bond acceptors (Lipinski definition) is 4. The molecule has 2 amide bonds. The minimum atomic E-state index is -4.14. The van der Waals surface area contributed by atoms with Gasteiger partial charge in [-0.2, -0.15) is 0 Å². The molecule has 1 N–H and O–H groups in total. The summed E-state index contributed by atoms with van der Waals surface area (Å²) in [6.45, 7) is 6.05. The van der Waals surface area contributed by atoms with Crippen LogP contribution in [0.5, 0.6) is 0 Å². The number of amides is 2. The van der Waals surface area contributed by atoms with E-state index in [9.17, 15) is 18.0 Å². The fourth-order valence-electron chi connectivity index (χ4n) is 4.83. The number of aryl methyl sites for hydroxylation is 1. The number of sulfonamides is 1. The monoisotopic (exact) mass is 675 g/mol. The summed E-state index contributed by atoms with van der Waals surface area (Å²) in [6, 6.07) is 31.2. The van der Waals surface area contributed by atoms with Crippen LogP contribution in [0.1, 0.15) is 30.5 Å². The Balaban J connectivity index is 1.80. The molecule has 0 aliphatic carbocycles. The van der Waals surface area contributed by atoms with Crippen molar-refractivity contribution in [3.05, 3.63) is 130 Å². The van der Waals surface area contributed by atoms with Crippen molar-refractivity contribution in [3.8, 4) is 0 Å². The summed E-state index contributed by atoms with van der Waals surface area (Å²) >= 11 is 3.44. The standard InChI is InChI=1S/C35H38BrN3O4S/c1-26(2)23-37-35(41)33(21-28-14-6-4-7-15-28)38(24-29-16-11-10-13-27(29)3)34(40)25-39(31-18-12-17-30(36)22-31)44(42,43)32-19-8-5-9-20-32/h4-20,22,26,33H,21,23-25H2,1-3H3,(H,37,41). The second-order valence-electron chi connectivity index (χ2n) is 11.1. The highest BCUT2D eigenvalue weighted by molar-refractivity contribution is 9.10. The average Bonchev–Trinajstić information content (AvgIpc) is 3.02. The Labute approximate surface area is 269 Å². The third-order valence-corrected chi connectivity index (χ3v) is 9.55. The number of carbonyl (C=O) groups is 2. The zero-order valence-electron chi connectivity index (χ0n) is 25.2. The van der Waals surface area contributed by atoms with Crippen LogP contribution in [0, 0.1) is 12.8 Å². The molecule has 0 saturated heterocycles. The summed E-state index contributed by atoms with van der Waals surface area (Å²) in [5, 5.41) is 3.02. The summed E-state index contributed by atoms with van der Waals surface area (Å²) in [7, 11) is -4.14. The molecule has 0 heterocycles. The number of hydrogen-bond donors (Lipinski definition) is 1.